The number of quaternary nitrogens is 1. The lowest BCUT2D eigenvalue weighted by Gasteiger charge is -1.98. The number of nitrogens with zero attached hydrogens (tertiary/aromatic N) is 1. The molecular weight excluding hydrogens is 112 g/mol. The normalized spacial score (nSPS) is 25.3. The molecular formula is C7H11N2+. The van der Waals surface area contributed by atoms with E-state index in [-0.39, 0.29) is 0 Å². The summed E-state index contributed by atoms with van der Waals surface area (Å²) in [6.45, 7) is 7.64. The number of rotatable bonds is 1. The van der Waals surface area contributed by atoms with Crippen LogP contribution in [0.1, 0.15) is 13.8 Å². The fraction of sp³-hybridized carbons (Fsp3) is 0.286. The van der Waals surface area contributed by atoms with Gasteiger partial charge in [-0.1, -0.05) is 0 Å². The minimum absolute atomic E-state index is 1.07. The summed E-state index contributed by atoms with van der Waals surface area (Å²) in [7, 11) is 0. The Labute approximate surface area is 55.2 Å². The molecule has 1 heterocycles. The first-order chi connectivity index (χ1) is 4.24. The summed E-state index contributed by atoms with van der Waals surface area (Å²) >= 11 is 0. The largest absolute Gasteiger partial charge is 0.237 e. The summed E-state index contributed by atoms with van der Waals surface area (Å²) in [5.74, 6) is 1.07. The quantitative estimate of drug-likeness (QED) is 0.517. The molecule has 0 bridgehead atoms. The lowest BCUT2D eigenvalue weighted by Crippen LogP contribution is -3.04. The number of hydrogen-bond acceptors (Lipinski definition) is 1. The lowest BCUT2D eigenvalue weighted by molar-refractivity contribution is -0.680. The molecule has 0 spiro atoms. The number of nitrogens with one attached hydrogen (secondary N) is 1. The molecule has 0 aromatic heterocycles. The average Bonchev–Trinajstić information content (AvgIpc) is 2.10. The molecule has 0 aromatic rings. The van der Waals surface area contributed by atoms with E-state index in [1.54, 1.807) is 0 Å². The first-order valence-corrected chi connectivity index (χ1v) is 2.97. The molecule has 0 saturated heterocycles. The molecule has 9 heavy (non-hydrogen) atoms. The summed E-state index contributed by atoms with van der Waals surface area (Å²) in [4.78, 5) is 5.36. The number of amidine groups is 1. The van der Waals surface area contributed by atoms with Crippen molar-refractivity contribution < 1.29 is 4.90 Å². The van der Waals surface area contributed by atoms with E-state index >= 15 is 0 Å². The molecule has 0 saturated carbocycles. The van der Waals surface area contributed by atoms with Gasteiger partial charge in [-0.25, -0.2) is 4.90 Å². The summed E-state index contributed by atoms with van der Waals surface area (Å²) in [6, 6.07) is 0. The van der Waals surface area contributed by atoms with Gasteiger partial charge in [-0.3, -0.25) is 0 Å². The zero-order valence-electron chi connectivity index (χ0n) is 5.81. The van der Waals surface area contributed by atoms with Crippen LogP contribution >= 0.6 is 0 Å². The number of allylic oxidation sites excluding steroid dienone is 1. The molecule has 0 fully saturated rings. The molecule has 1 N–H and O–H groups in total. The van der Waals surface area contributed by atoms with E-state index in [0.717, 1.165) is 16.4 Å². The van der Waals surface area contributed by atoms with Gasteiger partial charge in [0.05, 0.1) is 11.9 Å². The van der Waals surface area contributed by atoms with Gasteiger partial charge in [-0.15, -0.1) is 0 Å². The van der Waals surface area contributed by atoms with Gasteiger partial charge in [-0.05, 0) is 13.5 Å². The summed E-state index contributed by atoms with van der Waals surface area (Å²) in [6.07, 6.45) is 3.86. The van der Waals surface area contributed by atoms with Crippen LogP contribution in [-0.4, -0.2) is 5.84 Å². The van der Waals surface area contributed by atoms with Crippen LogP contribution < -0.4 is 4.90 Å². The van der Waals surface area contributed by atoms with Crippen LogP contribution in [-0.2, 0) is 0 Å². The topological polar surface area (TPSA) is 16.8 Å². The Bertz CT molecular complexity index is 189. The van der Waals surface area contributed by atoms with Crippen LogP contribution in [0.4, 0.5) is 0 Å². The first-order valence-electron chi connectivity index (χ1n) is 2.97. The van der Waals surface area contributed by atoms with Gasteiger partial charge in [0.25, 0.3) is 0 Å². The summed E-state index contributed by atoms with van der Waals surface area (Å²) < 4.78 is 0. The minimum atomic E-state index is 1.07. The monoisotopic (exact) mass is 123 g/mol. The molecule has 0 radical (unpaired) electrons. The van der Waals surface area contributed by atoms with Crippen molar-refractivity contribution in [2.45, 2.75) is 13.8 Å². The smallest absolute Gasteiger partial charge is 0.207 e. The van der Waals surface area contributed by atoms with Crippen molar-refractivity contribution in [3.05, 3.63) is 24.7 Å². The SMILES string of the molecule is C=C[NH+]1C=C(C)N=C1C. The second-order valence-electron chi connectivity index (χ2n) is 2.14. The van der Waals surface area contributed by atoms with Gasteiger partial charge in [0, 0.05) is 6.92 Å². The molecule has 48 valence electrons. The van der Waals surface area contributed by atoms with Crippen molar-refractivity contribution in [2.75, 3.05) is 0 Å². The third kappa shape index (κ3) is 1.08. The van der Waals surface area contributed by atoms with E-state index in [4.69, 9.17) is 0 Å². The zero-order chi connectivity index (χ0) is 6.85. The number of hydrogen-bond donors (Lipinski definition) is 1. The molecule has 2 heteroatoms. The highest BCUT2D eigenvalue weighted by molar-refractivity contribution is 5.74. The number of aliphatic imine (C=N–C) groups is 1. The molecule has 1 aliphatic heterocycles. The van der Waals surface area contributed by atoms with E-state index in [2.05, 4.69) is 11.6 Å². The van der Waals surface area contributed by atoms with Gasteiger partial charge < -0.3 is 0 Å². The van der Waals surface area contributed by atoms with Gasteiger partial charge >= 0.3 is 0 Å². The van der Waals surface area contributed by atoms with E-state index in [1.807, 2.05) is 26.2 Å². The van der Waals surface area contributed by atoms with Crippen molar-refractivity contribution in [1.82, 2.24) is 0 Å². The van der Waals surface area contributed by atoms with E-state index in [9.17, 15) is 0 Å². The predicted molar refractivity (Wildman–Crippen MR) is 38.0 cm³/mol. The van der Waals surface area contributed by atoms with E-state index in [0.29, 0.717) is 0 Å². The Morgan fingerprint density at radius 1 is 1.67 bits per heavy atom. The van der Waals surface area contributed by atoms with Crippen molar-refractivity contribution >= 4 is 5.84 Å². The van der Waals surface area contributed by atoms with Crippen LogP contribution in [0.5, 0.6) is 0 Å². The van der Waals surface area contributed by atoms with Crippen molar-refractivity contribution in [3.8, 4) is 0 Å². The fourth-order valence-electron chi connectivity index (χ4n) is 0.897. The average molecular weight is 123 g/mol. The Morgan fingerprint density at radius 2 is 2.33 bits per heavy atom. The Balaban J connectivity index is 2.81. The molecule has 1 rings (SSSR count). The molecule has 0 amide bonds. The molecule has 2 nitrogen and oxygen atoms in total. The molecule has 1 atom stereocenters. The molecule has 1 unspecified atom stereocenters. The summed E-state index contributed by atoms with van der Waals surface area (Å²) in [5.41, 5.74) is 1.07. The summed E-state index contributed by atoms with van der Waals surface area (Å²) in [5, 5.41) is 0. The fourth-order valence-corrected chi connectivity index (χ4v) is 0.897. The van der Waals surface area contributed by atoms with Crippen LogP contribution in [0.3, 0.4) is 0 Å². The third-order valence-corrected chi connectivity index (χ3v) is 1.35. The second-order valence-corrected chi connectivity index (χ2v) is 2.14. The Morgan fingerprint density at radius 3 is 2.56 bits per heavy atom. The highest BCUT2D eigenvalue weighted by Crippen LogP contribution is 1.94. The molecule has 0 aromatic carbocycles. The first kappa shape index (κ1) is 6.23. The zero-order valence-corrected chi connectivity index (χ0v) is 5.81. The second kappa shape index (κ2) is 2.15. The maximum absolute atomic E-state index is 4.21. The highest BCUT2D eigenvalue weighted by Gasteiger charge is 2.12. The highest BCUT2D eigenvalue weighted by atomic mass is 15.2. The maximum atomic E-state index is 4.21. The van der Waals surface area contributed by atoms with Crippen LogP contribution in [0, 0.1) is 0 Å². The van der Waals surface area contributed by atoms with Crippen molar-refractivity contribution in [3.63, 3.8) is 0 Å². The van der Waals surface area contributed by atoms with E-state index < -0.39 is 0 Å². The standard InChI is InChI=1S/C7H10N2/c1-4-9-5-6(2)8-7(9)3/h4-5H,1H2,2-3H3/p+1. The minimum Gasteiger partial charge on any atom is -0.237 e. The van der Waals surface area contributed by atoms with Crippen LogP contribution in [0.15, 0.2) is 29.7 Å². The molecule has 0 aliphatic carbocycles. The van der Waals surface area contributed by atoms with Gasteiger partial charge in [0.15, 0.2) is 0 Å². The molecule has 1 aliphatic rings. The Kier molecular flexibility index (Phi) is 1.49. The van der Waals surface area contributed by atoms with E-state index in [1.165, 1.54) is 0 Å². The predicted octanol–water partition coefficient (Wildman–Crippen LogP) is 0.308. The van der Waals surface area contributed by atoms with Gasteiger partial charge in [-0.2, -0.15) is 4.99 Å². The third-order valence-electron chi connectivity index (χ3n) is 1.35. The van der Waals surface area contributed by atoms with Crippen LogP contribution in [0.2, 0.25) is 0 Å². The van der Waals surface area contributed by atoms with Gasteiger partial charge in [0.1, 0.15) is 6.20 Å². The van der Waals surface area contributed by atoms with Crippen LogP contribution in [0.25, 0.3) is 0 Å². The maximum Gasteiger partial charge on any atom is 0.207 e. The van der Waals surface area contributed by atoms with Crippen molar-refractivity contribution in [1.29, 1.82) is 0 Å². The Hall–Kier alpha value is -0.890. The van der Waals surface area contributed by atoms with Crippen molar-refractivity contribution in [2.24, 2.45) is 4.99 Å². The van der Waals surface area contributed by atoms with Gasteiger partial charge in [0.2, 0.25) is 5.84 Å². The lowest BCUT2D eigenvalue weighted by atomic mass is 10.5.